The second-order valence-corrected chi connectivity index (χ2v) is 6.22. The topological polar surface area (TPSA) is 15.3 Å². The molecule has 1 unspecified atom stereocenters. The fourth-order valence-corrected chi connectivity index (χ4v) is 3.13. The first-order valence-corrected chi connectivity index (χ1v) is 7.33. The summed E-state index contributed by atoms with van der Waals surface area (Å²) >= 11 is 1.92. The van der Waals surface area contributed by atoms with E-state index in [1.807, 2.05) is 18.4 Å². The van der Waals surface area contributed by atoms with Gasteiger partial charge < -0.3 is 5.32 Å². The average Bonchev–Trinajstić information content (AvgIpc) is 2.60. The van der Waals surface area contributed by atoms with E-state index in [2.05, 4.69) is 44.1 Å². The second-order valence-electron chi connectivity index (χ2n) is 4.88. The molecule has 0 radical (unpaired) electrons. The number of aryl methyl sites for hydroxylation is 1. The molecule has 98 valence electrons. The van der Waals surface area contributed by atoms with Gasteiger partial charge in [-0.1, -0.05) is 13.3 Å². The van der Waals surface area contributed by atoms with E-state index in [0.717, 1.165) is 13.1 Å². The van der Waals surface area contributed by atoms with Gasteiger partial charge in [-0.25, -0.2) is 0 Å². The lowest BCUT2D eigenvalue weighted by molar-refractivity contribution is 0.236. The quantitative estimate of drug-likeness (QED) is 0.802. The molecule has 1 aromatic rings. The van der Waals surface area contributed by atoms with Gasteiger partial charge in [0.1, 0.15) is 0 Å². The molecule has 1 atom stereocenters. The summed E-state index contributed by atoms with van der Waals surface area (Å²) in [5, 5.41) is 3.22. The third kappa shape index (κ3) is 4.41. The molecule has 1 aromatic heterocycles. The summed E-state index contributed by atoms with van der Waals surface area (Å²) in [5.74, 6) is 0. The van der Waals surface area contributed by atoms with E-state index in [9.17, 15) is 0 Å². The molecule has 1 heterocycles. The highest BCUT2D eigenvalue weighted by Gasteiger charge is 2.12. The Balaban J connectivity index is 2.61. The van der Waals surface area contributed by atoms with E-state index in [1.165, 1.54) is 28.2 Å². The van der Waals surface area contributed by atoms with Crippen molar-refractivity contribution >= 4 is 11.3 Å². The number of thiophene rings is 1. The van der Waals surface area contributed by atoms with Gasteiger partial charge in [0.2, 0.25) is 0 Å². The van der Waals surface area contributed by atoms with Crippen LogP contribution in [0.25, 0.3) is 0 Å². The fourth-order valence-electron chi connectivity index (χ4n) is 2.07. The van der Waals surface area contributed by atoms with Crippen molar-refractivity contribution in [2.45, 2.75) is 52.7 Å². The van der Waals surface area contributed by atoms with Crippen LogP contribution in [0, 0.1) is 6.92 Å². The predicted octanol–water partition coefficient (Wildman–Crippen LogP) is 3.40. The van der Waals surface area contributed by atoms with Crippen LogP contribution < -0.4 is 5.32 Å². The largest absolute Gasteiger partial charge is 0.315 e. The molecular weight excluding hydrogens is 228 g/mol. The fraction of sp³-hybridized carbons (Fsp3) is 0.714. The minimum absolute atomic E-state index is 0.673. The lowest BCUT2D eigenvalue weighted by atomic mass is 10.1. The number of rotatable bonds is 7. The molecule has 0 bridgehead atoms. The molecule has 0 aromatic carbocycles. The third-order valence-corrected chi connectivity index (χ3v) is 4.39. The molecule has 0 saturated heterocycles. The van der Waals surface area contributed by atoms with Crippen LogP contribution in [0.2, 0.25) is 0 Å². The number of nitrogens with zero attached hydrogens (tertiary/aromatic N) is 1. The molecule has 0 amide bonds. The molecule has 1 N–H and O–H groups in total. The first-order chi connectivity index (χ1) is 8.08. The van der Waals surface area contributed by atoms with Gasteiger partial charge >= 0.3 is 0 Å². The highest BCUT2D eigenvalue weighted by atomic mass is 32.1. The molecular formula is C14H26N2S. The Morgan fingerprint density at radius 3 is 2.76 bits per heavy atom. The standard InChI is InChI=1S/C14H26N2S/c1-6-7-11(2)16(5)10-13-8-14(9-15-4)17-12(13)3/h8,11,15H,6-7,9-10H2,1-5H3. The van der Waals surface area contributed by atoms with E-state index in [4.69, 9.17) is 0 Å². The smallest absolute Gasteiger partial charge is 0.0296 e. The molecule has 0 aliphatic heterocycles. The summed E-state index contributed by atoms with van der Waals surface area (Å²) in [6.07, 6.45) is 2.54. The van der Waals surface area contributed by atoms with Gasteiger partial charge in [0, 0.05) is 28.9 Å². The molecule has 0 saturated carbocycles. The zero-order chi connectivity index (χ0) is 12.8. The minimum atomic E-state index is 0.673. The molecule has 1 rings (SSSR count). The van der Waals surface area contributed by atoms with E-state index in [1.54, 1.807) is 0 Å². The van der Waals surface area contributed by atoms with Crippen molar-refractivity contribution in [3.8, 4) is 0 Å². The van der Waals surface area contributed by atoms with Crippen molar-refractivity contribution in [3.05, 3.63) is 21.4 Å². The molecule has 0 aliphatic rings. The Labute approximate surface area is 110 Å². The van der Waals surface area contributed by atoms with Gasteiger partial charge in [0.05, 0.1) is 0 Å². The van der Waals surface area contributed by atoms with Crippen LogP contribution in [0.4, 0.5) is 0 Å². The summed E-state index contributed by atoms with van der Waals surface area (Å²) in [4.78, 5) is 5.36. The van der Waals surface area contributed by atoms with Gasteiger partial charge in [-0.15, -0.1) is 11.3 Å². The van der Waals surface area contributed by atoms with Crippen LogP contribution in [-0.2, 0) is 13.1 Å². The van der Waals surface area contributed by atoms with Gasteiger partial charge in [-0.3, -0.25) is 4.90 Å². The third-order valence-electron chi connectivity index (χ3n) is 3.30. The van der Waals surface area contributed by atoms with E-state index in [-0.39, 0.29) is 0 Å². The highest BCUT2D eigenvalue weighted by Crippen LogP contribution is 2.23. The normalized spacial score (nSPS) is 13.3. The van der Waals surface area contributed by atoms with Crippen molar-refractivity contribution in [1.29, 1.82) is 0 Å². The summed E-state index contributed by atoms with van der Waals surface area (Å²) in [5.41, 5.74) is 1.49. The van der Waals surface area contributed by atoms with E-state index in [0.29, 0.717) is 6.04 Å². The van der Waals surface area contributed by atoms with Crippen LogP contribution in [-0.4, -0.2) is 25.0 Å². The number of hydrogen-bond donors (Lipinski definition) is 1. The summed E-state index contributed by atoms with van der Waals surface area (Å²) in [6.45, 7) is 8.87. The van der Waals surface area contributed by atoms with Crippen LogP contribution in [0.1, 0.15) is 42.0 Å². The SMILES string of the molecule is CCCC(C)N(C)Cc1cc(CNC)sc1C. The zero-order valence-corrected chi connectivity index (χ0v) is 12.7. The van der Waals surface area contributed by atoms with Crippen LogP contribution >= 0.6 is 11.3 Å². The van der Waals surface area contributed by atoms with Crippen molar-refractivity contribution in [2.75, 3.05) is 14.1 Å². The number of hydrogen-bond acceptors (Lipinski definition) is 3. The Morgan fingerprint density at radius 1 is 1.47 bits per heavy atom. The lowest BCUT2D eigenvalue weighted by Gasteiger charge is -2.24. The summed E-state index contributed by atoms with van der Waals surface area (Å²) in [6, 6.07) is 3.03. The van der Waals surface area contributed by atoms with Crippen LogP contribution in [0.15, 0.2) is 6.07 Å². The zero-order valence-electron chi connectivity index (χ0n) is 11.8. The molecule has 0 aliphatic carbocycles. The Bertz CT molecular complexity index is 333. The predicted molar refractivity (Wildman–Crippen MR) is 77.7 cm³/mol. The monoisotopic (exact) mass is 254 g/mol. The first kappa shape index (κ1) is 14.7. The molecule has 0 spiro atoms. The van der Waals surface area contributed by atoms with Crippen molar-refractivity contribution < 1.29 is 0 Å². The number of nitrogens with one attached hydrogen (secondary N) is 1. The van der Waals surface area contributed by atoms with Gasteiger partial charge in [-0.05, 0) is 46.0 Å². The lowest BCUT2D eigenvalue weighted by Crippen LogP contribution is -2.28. The summed E-state index contributed by atoms with van der Waals surface area (Å²) < 4.78 is 0. The molecule has 2 nitrogen and oxygen atoms in total. The Kier molecular flexibility index (Phi) is 6.17. The Hall–Kier alpha value is -0.380. The maximum atomic E-state index is 3.22. The first-order valence-electron chi connectivity index (χ1n) is 6.51. The van der Waals surface area contributed by atoms with Gasteiger partial charge in [-0.2, -0.15) is 0 Å². The van der Waals surface area contributed by atoms with E-state index >= 15 is 0 Å². The van der Waals surface area contributed by atoms with Crippen molar-refractivity contribution in [2.24, 2.45) is 0 Å². The van der Waals surface area contributed by atoms with E-state index < -0.39 is 0 Å². The van der Waals surface area contributed by atoms with Crippen molar-refractivity contribution in [3.63, 3.8) is 0 Å². The maximum Gasteiger partial charge on any atom is 0.0296 e. The van der Waals surface area contributed by atoms with Gasteiger partial charge in [0.25, 0.3) is 0 Å². The van der Waals surface area contributed by atoms with Gasteiger partial charge in [0.15, 0.2) is 0 Å². The average molecular weight is 254 g/mol. The Morgan fingerprint density at radius 2 is 2.18 bits per heavy atom. The second kappa shape index (κ2) is 7.14. The molecule has 17 heavy (non-hydrogen) atoms. The van der Waals surface area contributed by atoms with Crippen molar-refractivity contribution in [1.82, 2.24) is 10.2 Å². The highest BCUT2D eigenvalue weighted by molar-refractivity contribution is 7.12. The molecule has 3 heteroatoms. The summed E-state index contributed by atoms with van der Waals surface area (Å²) in [7, 11) is 4.24. The van der Waals surface area contributed by atoms with Crippen LogP contribution in [0.3, 0.4) is 0 Å². The molecule has 0 fully saturated rings. The maximum absolute atomic E-state index is 3.22. The minimum Gasteiger partial charge on any atom is -0.315 e. The van der Waals surface area contributed by atoms with Crippen LogP contribution in [0.5, 0.6) is 0 Å².